The van der Waals surface area contributed by atoms with Crippen molar-refractivity contribution in [3.8, 4) is 0 Å². The van der Waals surface area contributed by atoms with E-state index in [4.69, 9.17) is 0 Å². The average molecular weight is 351 g/mol. The summed E-state index contributed by atoms with van der Waals surface area (Å²) in [5, 5.41) is 10.5. The molecule has 3 rings (SSSR count). The summed E-state index contributed by atoms with van der Waals surface area (Å²) in [6, 6.07) is 10.8. The zero-order valence-electron chi connectivity index (χ0n) is 11.6. The van der Waals surface area contributed by atoms with Crippen LogP contribution < -0.4 is 0 Å². The van der Waals surface area contributed by atoms with Crippen LogP contribution in [0.5, 0.6) is 0 Å². The van der Waals surface area contributed by atoms with E-state index in [2.05, 4.69) is 53.2 Å². The Hall–Kier alpha value is -0.640. The minimum atomic E-state index is -0.346. The Kier molecular flexibility index (Phi) is 4.29. The molecule has 0 aliphatic heterocycles. The average Bonchev–Trinajstić information content (AvgIpc) is 2.79. The Morgan fingerprint density at radius 1 is 1.40 bits per heavy atom. The van der Waals surface area contributed by atoms with E-state index in [1.54, 1.807) is 11.3 Å². The minimum Gasteiger partial charge on any atom is -0.388 e. The molecule has 1 heterocycles. The first-order valence-corrected chi connectivity index (χ1v) is 8.78. The fourth-order valence-corrected chi connectivity index (χ4v) is 4.69. The third-order valence-corrected chi connectivity index (χ3v) is 6.44. The van der Waals surface area contributed by atoms with Crippen molar-refractivity contribution in [1.29, 1.82) is 0 Å². The number of fused-ring (bicyclic) bond motifs is 1. The number of rotatable bonds is 3. The molecule has 0 bridgehead atoms. The van der Waals surface area contributed by atoms with E-state index in [1.807, 2.05) is 0 Å². The largest absolute Gasteiger partial charge is 0.388 e. The number of halogens is 1. The van der Waals surface area contributed by atoms with Crippen LogP contribution in [-0.4, -0.2) is 5.11 Å². The third-order valence-electron chi connectivity index (χ3n) is 4.21. The van der Waals surface area contributed by atoms with Gasteiger partial charge in [-0.2, -0.15) is 0 Å². The third kappa shape index (κ3) is 2.85. The number of thiophene rings is 1. The molecule has 1 N–H and O–H groups in total. The SMILES string of the molecule is Cc1sc(C(O)CC2CCCc3ccccc32)cc1Br. The van der Waals surface area contributed by atoms with Crippen LogP contribution in [0.1, 0.15) is 52.2 Å². The van der Waals surface area contributed by atoms with Crippen LogP contribution >= 0.6 is 27.3 Å². The molecule has 2 aromatic rings. The van der Waals surface area contributed by atoms with Gasteiger partial charge in [-0.25, -0.2) is 0 Å². The van der Waals surface area contributed by atoms with E-state index < -0.39 is 0 Å². The molecule has 20 heavy (non-hydrogen) atoms. The van der Waals surface area contributed by atoms with Crippen LogP contribution in [0, 0.1) is 6.92 Å². The maximum atomic E-state index is 10.5. The van der Waals surface area contributed by atoms with Gasteiger partial charge >= 0.3 is 0 Å². The molecule has 1 aliphatic rings. The van der Waals surface area contributed by atoms with E-state index in [9.17, 15) is 5.11 Å². The molecule has 0 amide bonds. The number of aliphatic hydroxyl groups is 1. The van der Waals surface area contributed by atoms with Gasteiger partial charge < -0.3 is 5.11 Å². The lowest BCUT2D eigenvalue weighted by Crippen LogP contribution is -2.12. The van der Waals surface area contributed by atoms with Gasteiger partial charge in [0.05, 0.1) is 6.10 Å². The molecule has 2 atom stereocenters. The highest BCUT2D eigenvalue weighted by molar-refractivity contribution is 9.10. The van der Waals surface area contributed by atoms with Crippen molar-refractivity contribution in [2.24, 2.45) is 0 Å². The first-order valence-electron chi connectivity index (χ1n) is 7.17. The summed E-state index contributed by atoms with van der Waals surface area (Å²) in [5.74, 6) is 0.496. The molecule has 0 saturated carbocycles. The summed E-state index contributed by atoms with van der Waals surface area (Å²) < 4.78 is 1.11. The summed E-state index contributed by atoms with van der Waals surface area (Å²) in [4.78, 5) is 2.32. The predicted molar refractivity (Wildman–Crippen MR) is 88.5 cm³/mol. The summed E-state index contributed by atoms with van der Waals surface area (Å²) in [5.41, 5.74) is 2.92. The number of hydrogen-bond acceptors (Lipinski definition) is 2. The van der Waals surface area contributed by atoms with Gasteiger partial charge in [-0.15, -0.1) is 11.3 Å². The second-order valence-electron chi connectivity index (χ2n) is 5.59. The van der Waals surface area contributed by atoms with Crippen LogP contribution in [0.3, 0.4) is 0 Å². The molecule has 0 fully saturated rings. The highest BCUT2D eigenvalue weighted by atomic mass is 79.9. The Morgan fingerprint density at radius 2 is 2.20 bits per heavy atom. The Bertz CT molecular complexity index is 585. The molecule has 3 heteroatoms. The fourth-order valence-electron chi connectivity index (χ4n) is 3.13. The van der Waals surface area contributed by atoms with Gasteiger partial charge in [0.2, 0.25) is 0 Å². The summed E-state index contributed by atoms with van der Waals surface area (Å²) in [6.45, 7) is 2.08. The smallest absolute Gasteiger partial charge is 0.0888 e. The number of aryl methyl sites for hydroxylation is 2. The maximum Gasteiger partial charge on any atom is 0.0888 e. The quantitative estimate of drug-likeness (QED) is 0.789. The highest BCUT2D eigenvalue weighted by Crippen LogP contribution is 2.40. The molecule has 0 saturated heterocycles. The lowest BCUT2D eigenvalue weighted by atomic mass is 9.80. The van der Waals surface area contributed by atoms with E-state index in [1.165, 1.54) is 35.3 Å². The summed E-state index contributed by atoms with van der Waals surface area (Å²) >= 11 is 5.23. The topological polar surface area (TPSA) is 20.2 Å². The van der Waals surface area contributed by atoms with Gasteiger partial charge in [0.25, 0.3) is 0 Å². The number of hydrogen-bond donors (Lipinski definition) is 1. The van der Waals surface area contributed by atoms with Crippen LogP contribution in [0.2, 0.25) is 0 Å². The highest BCUT2D eigenvalue weighted by Gasteiger charge is 2.24. The van der Waals surface area contributed by atoms with Crippen molar-refractivity contribution in [2.45, 2.75) is 44.6 Å². The van der Waals surface area contributed by atoms with Crippen molar-refractivity contribution in [3.63, 3.8) is 0 Å². The lowest BCUT2D eigenvalue weighted by Gasteiger charge is -2.27. The van der Waals surface area contributed by atoms with E-state index in [0.29, 0.717) is 5.92 Å². The van der Waals surface area contributed by atoms with Gasteiger partial charge in [-0.3, -0.25) is 0 Å². The molecule has 0 radical (unpaired) electrons. The van der Waals surface area contributed by atoms with Gasteiger partial charge in [0, 0.05) is 14.2 Å². The first kappa shape index (κ1) is 14.3. The fraction of sp³-hybridized carbons (Fsp3) is 0.412. The van der Waals surface area contributed by atoms with Gasteiger partial charge in [-0.1, -0.05) is 24.3 Å². The molecule has 1 aromatic heterocycles. The molecule has 1 aromatic carbocycles. The molecule has 0 spiro atoms. The van der Waals surface area contributed by atoms with Crippen LogP contribution in [0.25, 0.3) is 0 Å². The normalized spacial score (nSPS) is 19.6. The van der Waals surface area contributed by atoms with E-state index >= 15 is 0 Å². The monoisotopic (exact) mass is 350 g/mol. The van der Waals surface area contributed by atoms with E-state index in [-0.39, 0.29) is 6.10 Å². The lowest BCUT2D eigenvalue weighted by molar-refractivity contribution is 0.157. The Labute approximate surface area is 132 Å². The van der Waals surface area contributed by atoms with Crippen LogP contribution in [0.15, 0.2) is 34.8 Å². The molecular formula is C17H19BrOS. The minimum absolute atomic E-state index is 0.346. The van der Waals surface area contributed by atoms with Crippen molar-refractivity contribution in [1.82, 2.24) is 0 Å². The first-order chi connectivity index (χ1) is 9.65. The zero-order valence-corrected chi connectivity index (χ0v) is 14.0. The van der Waals surface area contributed by atoms with Gasteiger partial charge in [0.15, 0.2) is 0 Å². The van der Waals surface area contributed by atoms with E-state index in [0.717, 1.165) is 15.8 Å². The molecule has 1 aliphatic carbocycles. The van der Waals surface area contributed by atoms with Gasteiger partial charge in [-0.05, 0) is 71.6 Å². The molecule has 106 valence electrons. The molecular weight excluding hydrogens is 332 g/mol. The van der Waals surface area contributed by atoms with Crippen molar-refractivity contribution < 1.29 is 5.11 Å². The van der Waals surface area contributed by atoms with Crippen molar-refractivity contribution in [3.05, 3.63) is 55.7 Å². The molecule has 1 nitrogen and oxygen atoms in total. The standard InChI is InChI=1S/C17H19BrOS/c1-11-15(18)10-17(20-11)16(19)9-13-7-4-6-12-5-2-3-8-14(12)13/h2-3,5,8,10,13,16,19H,4,6-7,9H2,1H3. The van der Waals surface area contributed by atoms with Crippen LogP contribution in [0.4, 0.5) is 0 Å². The zero-order chi connectivity index (χ0) is 14.1. The Morgan fingerprint density at radius 3 is 2.95 bits per heavy atom. The maximum absolute atomic E-state index is 10.5. The van der Waals surface area contributed by atoms with Gasteiger partial charge in [0.1, 0.15) is 0 Å². The predicted octanol–water partition coefficient (Wildman–Crippen LogP) is 5.36. The second kappa shape index (κ2) is 6.00. The van der Waals surface area contributed by atoms with Crippen LogP contribution in [-0.2, 0) is 6.42 Å². The number of aliphatic hydroxyl groups excluding tert-OH is 1. The Balaban J connectivity index is 1.78. The van der Waals surface area contributed by atoms with Crippen molar-refractivity contribution in [2.75, 3.05) is 0 Å². The second-order valence-corrected chi connectivity index (χ2v) is 7.73. The summed E-state index contributed by atoms with van der Waals surface area (Å²) in [7, 11) is 0. The summed E-state index contributed by atoms with van der Waals surface area (Å²) in [6.07, 6.45) is 4.11. The van der Waals surface area contributed by atoms with Crippen molar-refractivity contribution >= 4 is 27.3 Å². The molecule has 2 unspecified atom stereocenters. The number of benzene rings is 1.